The zero-order valence-electron chi connectivity index (χ0n) is 14.4. The fraction of sp³-hybridized carbons (Fsp3) is 0.263. The lowest BCUT2D eigenvalue weighted by molar-refractivity contribution is -0.153. The van der Waals surface area contributed by atoms with E-state index in [-0.39, 0.29) is 18.7 Å². The standard InChI is InChI=1S/C19H19F2NO4/c1-12-4-3-5-15(10-12)25-9-8-18(23)26-13(2)19(24)22-17-7-6-14(20)11-16(17)21/h3-7,10-11,13H,8-9H2,1-2H3,(H,22,24)/t13-/m1/s1. The van der Waals surface area contributed by atoms with Gasteiger partial charge in [0.2, 0.25) is 0 Å². The van der Waals surface area contributed by atoms with Gasteiger partial charge in [0.15, 0.2) is 6.10 Å². The zero-order chi connectivity index (χ0) is 19.1. The van der Waals surface area contributed by atoms with Gasteiger partial charge in [0.25, 0.3) is 5.91 Å². The van der Waals surface area contributed by atoms with Crippen molar-refractivity contribution in [1.29, 1.82) is 0 Å². The van der Waals surface area contributed by atoms with Crippen LogP contribution in [0.1, 0.15) is 18.9 Å². The Morgan fingerprint density at radius 1 is 1.15 bits per heavy atom. The van der Waals surface area contributed by atoms with E-state index in [0.29, 0.717) is 11.8 Å². The minimum atomic E-state index is -1.13. The molecule has 138 valence electrons. The Hall–Kier alpha value is -2.96. The van der Waals surface area contributed by atoms with Gasteiger partial charge in [0.05, 0.1) is 18.7 Å². The lowest BCUT2D eigenvalue weighted by Gasteiger charge is -2.14. The summed E-state index contributed by atoms with van der Waals surface area (Å²) in [6.07, 6.45) is -1.18. The molecule has 0 radical (unpaired) electrons. The van der Waals surface area contributed by atoms with E-state index >= 15 is 0 Å². The van der Waals surface area contributed by atoms with Crippen molar-refractivity contribution in [2.24, 2.45) is 0 Å². The van der Waals surface area contributed by atoms with Crippen molar-refractivity contribution in [1.82, 2.24) is 0 Å². The van der Waals surface area contributed by atoms with Gasteiger partial charge in [0.1, 0.15) is 17.4 Å². The maximum Gasteiger partial charge on any atom is 0.310 e. The number of amides is 1. The van der Waals surface area contributed by atoms with Crippen molar-refractivity contribution in [2.75, 3.05) is 11.9 Å². The number of rotatable bonds is 7. The molecule has 1 amide bonds. The molecule has 0 bridgehead atoms. The van der Waals surface area contributed by atoms with Gasteiger partial charge in [-0.3, -0.25) is 9.59 Å². The van der Waals surface area contributed by atoms with Gasteiger partial charge in [-0.15, -0.1) is 0 Å². The molecule has 0 aromatic heterocycles. The van der Waals surface area contributed by atoms with E-state index in [4.69, 9.17) is 9.47 Å². The summed E-state index contributed by atoms with van der Waals surface area (Å²) < 4.78 is 36.8. The fourth-order valence-electron chi connectivity index (χ4n) is 2.09. The molecule has 26 heavy (non-hydrogen) atoms. The summed E-state index contributed by atoms with van der Waals surface area (Å²) in [5.41, 5.74) is 0.838. The van der Waals surface area contributed by atoms with Gasteiger partial charge in [-0.05, 0) is 43.7 Å². The van der Waals surface area contributed by atoms with Crippen LogP contribution in [-0.2, 0) is 14.3 Å². The second-order valence-electron chi connectivity index (χ2n) is 5.66. The van der Waals surface area contributed by atoms with E-state index in [0.717, 1.165) is 17.7 Å². The van der Waals surface area contributed by atoms with E-state index in [1.807, 2.05) is 25.1 Å². The van der Waals surface area contributed by atoms with E-state index in [9.17, 15) is 18.4 Å². The van der Waals surface area contributed by atoms with Crippen LogP contribution < -0.4 is 10.1 Å². The molecule has 0 heterocycles. The third-order valence-corrected chi connectivity index (χ3v) is 3.43. The quantitative estimate of drug-likeness (QED) is 0.763. The predicted octanol–water partition coefficient (Wildman–Crippen LogP) is 3.61. The fourth-order valence-corrected chi connectivity index (χ4v) is 2.09. The summed E-state index contributed by atoms with van der Waals surface area (Å²) in [7, 11) is 0. The van der Waals surface area contributed by atoms with Crippen molar-refractivity contribution in [2.45, 2.75) is 26.4 Å². The van der Waals surface area contributed by atoms with Crippen LogP contribution in [0.25, 0.3) is 0 Å². The van der Waals surface area contributed by atoms with Crippen molar-refractivity contribution in [3.63, 3.8) is 0 Å². The predicted molar refractivity (Wildman–Crippen MR) is 91.8 cm³/mol. The highest BCUT2D eigenvalue weighted by atomic mass is 19.1. The van der Waals surface area contributed by atoms with E-state index in [1.165, 1.54) is 6.92 Å². The molecule has 7 heteroatoms. The van der Waals surface area contributed by atoms with Gasteiger partial charge in [-0.1, -0.05) is 12.1 Å². The lowest BCUT2D eigenvalue weighted by Crippen LogP contribution is -2.30. The molecule has 0 aliphatic rings. The van der Waals surface area contributed by atoms with E-state index in [1.54, 1.807) is 6.07 Å². The Labute approximate surface area is 149 Å². The smallest absolute Gasteiger partial charge is 0.310 e. The molecule has 2 rings (SSSR count). The molecule has 1 N–H and O–H groups in total. The number of benzene rings is 2. The molecule has 2 aromatic carbocycles. The molecular weight excluding hydrogens is 344 g/mol. The Balaban J connectivity index is 1.77. The molecule has 0 unspecified atom stereocenters. The van der Waals surface area contributed by atoms with Crippen LogP contribution in [0.15, 0.2) is 42.5 Å². The summed E-state index contributed by atoms with van der Waals surface area (Å²) >= 11 is 0. The van der Waals surface area contributed by atoms with Crippen LogP contribution >= 0.6 is 0 Å². The number of aryl methyl sites for hydroxylation is 1. The minimum Gasteiger partial charge on any atom is -0.493 e. The average molecular weight is 363 g/mol. The number of hydrogen-bond donors (Lipinski definition) is 1. The molecule has 0 saturated heterocycles. The van der Waals surface area contributed by atoms with Gasteiger partial charge >= 0.3 is 5.97 Å². The van der Waals surface area contributed by atoms with Crippen LogP contribution in [0, 0.1) is 18.6 Å². The number of nitrogens with one attached hydrogen (secondary N) is 1. The lowest BCUT2D eigenvalue weighted by atomic mass is 10.2. The van der Waals surface area contributed by atoms with Crippen LogP contribution in [0.3, 0.4) is 0 Å². The van der Waals surface area contributed by atoms with Crippen LogP contribution in [-0.4, -0.2) is 24.6 Å². The first kappa shape index (κ1) is 19.4. The van der Waals surface area contributed by atoms with E-state index < -0.39 is 29.6 Å². The molecule has 0 spiro atoms. The second kappa shape index (κ2) is 8.94. The molecule has 0 saturated carbocycles. The molecule has 5 nitrogen and oxygen atoms in total. The van der Waals surface area contributed by atoms with Crippen molar-refractivity contribution < 1.29 is 27.8 Å². The second-order valence-corrected chi connectivity index (χ2v) is 5.66. The minimum absolute atomic E-state index is 0.0452. The highest BCUT2D eigenvalue weighted by molar-refractivity contribution is 5.95. The molecular formula is C19H19F2NO4. The van der Waals surface area contributed by atoms with Crippen molar-refractivity contribution >= 4 is 17.6 Å². The van der Waals surface area contributed by atoms with Gasteiger partial charge in [0, 0.05) is 6.07 Å². The topological polar surface area (TPSA) is 64.6 Å². The first-order chi connectivity index (χ1) is 12.3. The maximum absolute atomic E-state index is 13.5. The first-order valence-corrected chi connectivity index (χ1v) is 8.00. The van der Waals surface area contributed by atoms with Crippen molar-refractivity contribution in [3.8, 4) is 5.75 Å². The largest absolute Gasteiger partial charge is 0.493 e. The maximum atomic E-state index is 13.5. The Morgan fingerprint density at radius 2 is 1.92 bits per heavy atom. The highest BCUT2D eigenvalue weighted by Gasteiger charge is 2.19. The molecule has 1 atom stereocenters. The number of carbonyl (C=O) groups excluding carboxylic acids is 2. The summed E-state index contributed by atoms with van der Waals surface area (Å²) in [6, 6.07) is 10.1. The Morgan fingerprint density at radius 3 is 2.62 bits per heavy atom. The number of esters is 1. The SMILES string of the molecule is Cc1cccc(OCCC(=O)O[C@H](C)C(=O)Nc2ccc(F)cc2F)c1. The number of anilines is 1. The summed E-state index contributed by atoms with van der Waals surface area (Å²) in [6.45, 7) is 3.38. The Bertz CT molecular complexity index is 795. The Kier molecular flexibility index (Phi) is 6.66. The molecule has 0 aliphatic carbocycles. The summed E-state index contributed by atoms with van der Waals surface area (Å²) in [5, 5.41) is 2.24. The first-order valence-electron chi connectivity index (χ1n) is 8.00. The van der Waals surface area contributed by atoms with Crippen molar-refractivity contribution in [3.05, 3.63) is 59.7 Å². The van der Waals surface area contributed by atoms with Crippen LogP contribution in [0.5, 0.6) is 5.75 Å². The number of hydrogen-bond acceptors (Lipinski definition) is 4. The molecule has 2 aromatic rings. The van der Waals surface area contributed by atoms with Gasteiger partial charge in [-0.2, -0.15) is 0 Å². The molecule has 0 fully saturated rings. The van der Waals surface area contributed by atoms with Gasteiger partial charge < -0.3 is 14.8 Å². The molecule has 0 aliphatic heterocycles. The normalized spacial score (nSPS) is 11.5. The number of ether oxygens (including phenoxy) is 2. The van der Waals surface area contributed by atoms with E-state index in [2.05, 4.69) is 5.32 Å². The number of halogens is 2. The average Bonchev–Trinajstić information content (AvgIpc) is 2.57. The van der Waals surface area contributed by atoms with Crippen LogP contribution in [0.2, 0.25) is 0 Å². The summed E-state index contributed by atoms with van der Waals surface area (Å²) in [5.74, 6) is -2.38. The number of carbonyl (C=O) groups is 2. The van der Waals surface area contributed by atoms with Crippen LogP contribution in [0.4, 0.5) is 14.5 Å². The third-order valence-electron chi connectivity index (χ3n) is 3.43. The third kappa shape index (κ3) is 5.84. The highest BCUT2D eigenvalue weighted by Crippen LogP contribution is 2.16. The van der Waals surface area contributed by atoms with Gasteiger partial charge in [-0.25, -0.2) is 8.78 Å². The zero-order valence-corrected chi connectivity index (χ0v) is 14.4. The summed E-state index contributed by atoms with van der Waals surface area (Å²) in [4.78, 5) is 23.7. The monoisotopic (exact) mass is 363 g/mol.